The normalized spacial score (nSPS) is 49.2. The van der Waals surface area contributed by atoms with E-state index in [-0.39, 0.29) is 6.10 Å². The molecule has 0 aliphatic heterocycles. The van der Waals surface area contributed by atoms with Crippen LogP contribution in [0.3, 0.4) is 0 Å². The molecule has 0 bridgehead atoms. The fraction of sp³-hybridized carbons (Fsp3) is 0.864. The van der Waals surface area contributed by atoms with Gasteiger partial charge in [0, 0.05) is 23.1 Å². The number of hydrogen-bond donors (Lipinski definition) is 2. The number of anilines is 1. The SMILES string of the molecule is C[C@]12CC[C@H](O)C[C@@H]1CC[C@@H]1[C@@H]2CC[C@]2(C)[C@@H](c3csc(NCl)n3)CC[C@@H]12. The summed E-state index contributed by atoms with van der Waals surface area (Å²) >= 11 is 7.41. The highest BCUT2D eigenvalue weighted by atomic mass is 35.5. The maximum atomic E-state index is 10.2. The van der Waals surface area contributed by atoms with Crippen molar-refractivity contribution in [1.29, 1.82) is 0 Å². The maximum Gasteiger partial charge on any atom is 0.197 e. The van der Waals surface area contributed by atoms with Crippen molar-refractivity contribution >= 4 is 28.2 Å². The highest BCUT2D eigenvalue weighted by Crippen LogP contribution is 2.69. The van der Waals surface area contributed by atoms with E-state index < -0.39 is 0 Å². The summed E-state index contributed by atoms with van der Waals surface area (Å²) in [7, 11) is 0. The molecule has 4 saturated carbocycles. The van der Waals surface area contributed by atoms with Crippen LogP contribution < -0.4 is 4.84 Å². The number of aromatic nitrogens is 1. The van der Waals surface area contributed by atoms with Crippen LogP contribution in [-0.4, -0.2) is 16.2 Å². The first-order chi connectivity index (χ1) is 13.0. The van der Waals surface area contributed by atoms with Crippen LogP contribution in [0.2, 0.25) is 0 Å². The minimum atomic E-state index is -0.0428. The monoisotopic (exact) mass is 408 g/mol. The number of nitrogens with zero attached hydrogens (tertiary/aromatic N) is 1. The van der Waals surface area contributed by atoms with Crippen LogP contribution in [0.4, 0.5) is 5.13 Å². The molecule has 1 heterocycles. The summed E-state index contributed by atoms with van der Waals surface area (Å²) in [6, 6.07) is 0. The highest BCUT2D eigenvalue weighted by Gasteiger charge is 2.60. The predicted octanol–water partition coefficient (Wildman–Crippen LogP) is 6.20. The van der Waals surface area contributed by atoms with Crippen molar-refractivity contribution in [2.24, 2.45) is 34.5 Å². The number of rotatable bonds is 2. The lowest BCUT2D eigenvalue weighted by Gasteiger charge is -2.61. The Kier molecular flexibility index (Phi) is 4.57. The number of halogens is 1. The third-order valence-electron chi connectivity index (χ3n) is 9.60. The van der Waals surface area contributed by atoms with Gasteiger partial charge in [-0.2, -0.15) is 0 Å². The van der Waals surface area contributed by atoms with E-state index in [1.54, 1.807) is 11.3 Å². The van der Waals surface area contributed by atoms with Crippen LogP contribution in [0.5, 0.6) is 0 Å². The Morgan fingerprint density at radius 2 is 1.85 bits per heavy atom. The van der Waals surface area contributed by atoms with Gasteiger partial charge in [-0.25, -0.2) is 4.98 Å². The second-order valence-electron chi connectivity index (χ2n) is 10.4. The highest BCUT2D eigenvalue weighted by molar-refractivity contribution is 7.14. The lowest BCUT2D eigenvalue weighted by atomic mass is 9.44. The molecule has 5 rings (SSSR count). The van der Waals surface area contributed by atoms with Gasteiger partial charge >= 0.3 is 0 Å². The molecule has 5 heteroatoms. The molecule has 1 aromatic heterocycles. The summed E-state index contributed by atoms with van der Waals surface area (Å²) in [5, 5.41) is 13.3. The van der Waals surface area contributed by atoms with Gasteiger partial charge in [0.05, 0.1) is 11.8 Å². The van der Waals surface area contributed by atoms with Gasteiger partial charge in [0.25, 0.3) is 0 Å². The van der Waals surface area contributed by atoms with Gasteiger partial charge in [0.1, 0.15) is 0 Å². The molecule has 8 atom stereocenters. The summed E-state index contributed by atoms with van der Waals surface area (Å²) in [4.78, 5) is 7.49. The van der Waals surface area contributed by atoms with E-state index in [0.717, 1.165) is 41.6 Å². The first kappa shape index (κ1) is 18.7. The van der Waals surface area contributed by atoms with Crippen LogP contribution in [0.1, 0.15) is 83.2 Å². The molecule has 3 nitrogen and oxygen atoms in total. The van der Waals surface area contributed by atoms with Crippen LogP contribution in [0, 0.1) is 34.5 Å². The summed E-state index contributed by atoms with van der Waals surface area (Å²) in [5.74, 6) is 3.95. The average Bonchev–Trinajstić information content (AvgIpc) is 3.25. The van der Waals surface area contributed by atoms with E-state index in [1.807, 2.05) is 0 Å². The van der Waals surface area contributed by atoms with Crippen LogP contribution in [0.15, 0.2) is 5.38 Å². The molecule has 0 amide bonds. The number of fused-ring (bicyclic) bond motifs is 5. The van der Waals surface area contributed by atoms with Gasteiger partial charge in [-0.1, -0.05) is 13.8 Å². The largest absolute Gasteiger partial charge is 0.393 e. The Morgan fingerprint density at radius 3 is 2.63 bits per heavy atom. The van der Waals surface area contributed by atoms with E-state index in [9.17, 15) is 5.11 Å². The third-order valence-corrected chi connectivity index (χ3v) is 10.7. The van der Waals surface area contributed by atoms with E-state index in [2.05, 4.69) is 24.1 Å². The number of hydrogen-bond acceptors (Lipinski definition) is 4. The molecule has 0 aromatic carbocycles. The van der Waals surface area contributed by atoms with Gasteiger partial charge in [-0.15, -0.1) is 11.3 Å². The zero-order valence-electron chi connectivity index (χ0n) is 16.6. The second-order valence-corrected chi connectivity index (χ2v) is 11.5. The number of thiazole rings is 1. The fourth-order valence-corrected chi connectivity index (χ4v) is 9.04. The molecule has 1 aromatic rings. The smallest absolute Gasteiger partial charge is 0.197 e. The molecule has 2 N–H and O–H groups in total. The lowest BCUT2D eigenvalue weighted by Crippen LogP contribution is -2.53. The van der Waals surface area contributed by atoms with Crippen LogP contribution in [-0.2, 0) is 0 Å². The minimum Gasteiger partial charge on any atom is -0.393 e. The summed E-state index contributed by atoms with van der Waals surface area (Å²) in [6.45, 7) is 5.14. The minimum absolute atomic E-state index is 0.0428. The summed E-state index contributed by atoms with van der Waals surface area (Å²) in [5.41, 5.74) is 2.14. The van der Waals surface area contributed by atoms with Gasteiger partial charge in [-0.05, 0) is 92.3 Å². The second kappa shape index (κ2) is 6.60. The van der Waals surface area contributed by atoms with Gasteiger partial charge < -0.3 is 5.11 Å². The van der Waals surface area contributed by atoms with Crippen molar-refractivity contribution in [3.63, 3.8) is 0 Å². The van der Waals surface area contributed by atoms with Crippen molar-refractivity contribution in [2.45, 2.75) is 83.7 Å². The molecule has 4 aliphatic carbocycles. The van der Waals surface area contributed by atoms with Crippen molar-refractivity contribution in [3.8, 4) is 0 Å². The molecule has 0 saturated heterocycles. The zero-order valence-corrected chi connectivity index (χ0v) is 18.2. The van der Waals surface area contributed by atoms with Gasteiger partial charge in [0.15, 0.2) is 5.13 Å². The standard InChI is InChI=1S/C22H33ClN2OS/c1-21-9-7-14(26)11-13(21)3-4-15-16-5-6-18(19-12-27-20(24-19)25-23)22(16,2)10-8-17(15)21/h12-18,26H,3-11H2,1-2H3,(H,24,25)/t13-,14-,15-,16-,17-,18+,21-,22-/m0/s1. The molecular weight excluding hydrogens is 376 g/mol. The molecule has 4 fully saturated rings. The van der Waals surface area contributed by atoms with Gasteiger partial charge in [0.2, 0.25) is 0 Å². The van der Waals surface area contributed by atoms with Crippen molar-refractivity contribution < 1.29 is 5.11 Å². The predicted molar refractivity (Wildman–Crippen MR) is 112 cm³/mol. The number of aliphatic hydroxyl groups is 1. The quantitative estimate of drug-likeness (QED) is 0.573. The molecule has 27 heavy (non-hydrogen) atoms. The number of aliphatic hydroxyl groups excluding tert-OH is 1. The van der Waals surface area contributed by atoms with Crippen LogP contribution in [0.25, 0.3) is 0 Å². The molecular formula is C22H33ClN2OS. The Bertz CT molecular complexity index is 710. The molecule has 0 spiro atoms. The topological polar surface area (TPSA) is 45.1 Å². The van der Waals surface area contributed by atoms with Crippen molar-refractivity contribution in [2.75, 3.05) is 4.84 Å². The lowest BCUT2D eigenvalue weighted by molar-refractivity contribution is -0.123. The van der Waals surface area contributed by atoms with E-state index in [4.69, 9.17) is 16.8 Å². The Balaban J connectivity index is 1.41. The maximum absolute atomic E-state index is 10.2. The summed E-state index contributed by atoms with van der Waals surface area (Å²) < 4.78 is 0. The van der Waals surface area contributed by atoms with Gasteiger partial charge in [-0.3, -0.25) is 4.84 Å². The molecule has 4 aliphatic rings. The van der Waals surface area contributed by atoms with E-state index in [0.29, 0.717) is 16.7 Å². The third kappa shape index (κ3) is 2.73. The molecule has 150 valence electrons. The summed E-state index contributed by atoms with van der Waals surface area (Å²) in [6.07, 6.45) is 11.4. The van der Waals surface area contributed by atoms with E-state index in [1.165, 1.54) is 50.6 Å². The first-order valence-corrected chi connectivity index (χ1v) is 12.2. The Hall–Kier alpha value is -0.320. The zero-order chi connectivity index (χ0) is 18.8. The average molecular weight is 409 g/mol. The first-order valence-electron chi connectivity index (χ1n) is 11.0. The number of nitrogens with one attached hydrogen (secondary N) is 1. The molecule has 0 unspecified atom stereocenters. The van der Waals surface area contributed by atoms with Crippen molar-refractivity contribution in [1.82, 2.24) is 4.98 Å². The van der Waals surface area contributed by atoms with Crippen molar-refractivity contribution in [3.05, 3.63) is 11.1 Å². The van der Waals surface area contributed by atoms with E-state index >= 15 is 0 Å². The molecule has 0 radical (unpaired) electrons. The Labute approximate surface area is 172 Å². The van der Waals surface area contributed by atoms with Crippen LogP contribution >= 0.6 is 23.1 Å². The Morgan fingerprint density at radius 1 is 1.07 bits per heavy atom. The fourth-order valence-electron chi connectivity index (χ4n) is 8.21.